The van der Waals surface area contributed by atoms with Crippen molar-refractivity contribution in [2.24, 2.45) is 5.10 Å². The maximum atomic E-state index is 12.6. The number of fused-ring (bicyclic) bond motifs is 3. The van der Waals surface area contributed by atoms with Crippen LogP contribution in [0.5, 0.6) is 0 Å². The third kappa shape index (κ3) is 3.33. The van der Waals surface area contributed by atoms with E-state index in [1.807, 2.05) is 48.5 Å². The van der Waals surface area contributed by atoms with Gasteiger partial charge in [0.15, 0.2) is 5.65 Å². The van der Waals surface area contributed by atoms with E-state index in [1.165, 1.54) is 11.8 Å². The number of carbonyl (C=O) groups excluding carboxylic acids is 1. The Morgan fingerprint density at radius 3 is 2.70 bits per heavy atom. The number of aromatic nitrogens is 4. The minimum absolute atomic E-state index is 0.0503. The van der Waals surface area contributed by atoms with Crippen molar-refractivity contribution in [3.8, 4) is 0 Å². The second-order valence-electron chi connectivity index (χ2n) is 7.00. The second kappa shape index (κ2) is 7.87. The molecule has 4 aromatic rings. The summed E-state index contributed by atoms with van der Waals surface area (Å²) in [7, 11) is 0. The molecule has 0 saturated heterocycles. The number of hydrogen-bond donors (Lipinski definition) is 0. The molecule has 8 heteroatoms. The van der Waals surface area contributed by atoms with Gasteiger partial charge in [-0.15, -0.1) is 10.2 Å². The zero-order chi connectivity index (χ0) is 20.5. The molecule has 0 saturated carbocycles. The van der Waals surface area contributed by atoms with Gasteiger partial charge in [-0.05, 0) is 18.6 Å². The molecule has 0 fully saturated rings. The number of aryl methyl sites for hydroxylation is 1. The summed E-state index contributed by atoms with van der Waals surface area (Å²) >= 11 is 1.30. The molecule has 1 aliphatic heterocycles. The molecule has 5 rings (SSSR count). The Morgan fingerprint density at radius 2 is 1.87 bits per heavy atom. The van der Waals surface area contributed by atoms with Crippen LogP contribution in [0.1, 0.15) is 18.9 Å². The fraction of sp³-hybridized carbons (Fsp3) is 0.227. The Bertz CT molecular complexity index is 1270. The lowest BCUT2D eigenvalue weighted by atomic mass is 10.1. The van der Waals surface area contributed by atoms with E-state index in [-0.39, 0.29) is 11.7 Å². The summed E-state index contributed by atoms with van der Waals surface area (Å²) in [5.74, 6) is 0.177. The van der Waals surface area contributed by atoms with E-state index in [1.54, 1.807) is 5.01 Å². The molecule has 2 aromatic heterocycles. The highest BCUT2D eigenvalue weighted by Crippen LogP contribution is 2.27. The van der Waals surface area contributed by atoms with Crippen molar-refractivity contribution in [3.63, 3.8) is 0 Å². The van der Waals surface area contributed by atoms with E-state index < -0.39 is 0 Å². The van der Waals surface area contributed by atoms with Gasteiger partial charge in [0, 0.05) is 18.4 Å². The standard InChI is InChI=1S/C22H20N6OS/c1-2-27-18-11-7-6-10-16(18)20-21(27)23-22(25-24-20)30-14-19(29)28-13-12-17(26-28)15-8-4-3-5-9-15/h3-11H,2,12-14H2,1H3. The third-order valence-corrected chi connectivity index (χ3v) is 6.01. The van der Waals surface area contributed by atoms with Gasteiger partial charge in [-0.1, -0.05) is 60.3 Å². The number of amides is 1. The van der Waals surface area contributed by atoms with Gasteiger partial charge in [0.1, 0.15) is 5.52 Å². The summed E-state index contributed by atoms with van der Waals surface area (Å²) in [6.45, 7) is 3.47. The fourth-order valence-corrected chi connectivity index (χ4v) is 4.39. The van der Waals surface area contributed by atoms with Crippen LogP contribution >= 0.6 is 11.8 Å². The Morgan fingerprint density at radius 1 is 1.07 bits per heavy atom. The van der Waals surface area contributed by atoms with Gasteiger partial charge in [0.05, 0.1) is 23.5 Å². The number of hydrogen-bond acceptors (Lipinski definition) is 6. The molecule has 1 amide bonds. The number of benzene rings is 2. The first-order valence-corrected chi connectivity index (χ1v) is 10.9. The van der Waals surface area contributed by atoms with Crippen molar-refractivity contribution in [2.75, 3.05) is 12.3 Å². The van der Waals surface area contributed by atoms with Crippen molar-refractivity contribution in [1.29, 1.82) is 0 Å². The highest BCUT2D eigenvalue weighted by molar-refractivity contribution is 7.99. The Labute approximate surface area is 177 Å². The summed E-state index contributed by atoms with van der Waals surface area (Å²) in [4.78, 5) is 17.3. The molecule has 0 aliphatic carbocycles. The summed E-state index contributed by atoms with van der Waals surface area (Å²) in [6.07, 6.45) is 0.765. The largest absolute Gasteiger partial charge is 0.324 e. The molecule has 150 valence electrons. The molecule has 0 atom stereocenters. The molecular formula is C22H20N6OS. The zero-order valence-electron chi connectivity index (χ0n) is 16.5. The van der Waals surface area contributed by atoms with Crippen LogP contribution in [0.15, 0.2) is 64.9 Å². The van der Waals surface area contributed by atoms with Gasteiger partial charge < -0.3 is 4.57 Å². The molecule has 0 radical (unpaired) electrons. The molecule has 1 aliphatic rings. The summed E-state index contributed by atoms with van der Waals surface area (Å²) < 4.78 is 2.13. The first-order chi connectivity index (χ1) is 14.7. The Hall–Kier alpha value is -3.26. The fourth-order valence-electron chi connectivity index (χ4n) is 3.74. The maximum Gasteiger partial charge on any atom is 0.253 e. The first kappa shape index (κ1) is 18.7. The normalized spacial score (nSPS) is 13.9. The number of para-hydroxylation sites is 1. The van der Waals surface area contributed by atoms with Crippen molar-refractivity contribution in [2.45, 2.75) is 25.0 Å². The predicted octanol–water partition coefficient (Wildman–Crippen LogP) is 3.73. The monoisotopic (exact) mass is 416 g/mol. The average molecular weight is 417 g/mol. The topological polar surface area (TPSA) is 76.3 Å². The Balaban J connectivity index is 1.33. The van der Waals surface area contributed by atoms with E-state index in [9.17, 15) is 4.79 Å². The van der Waals surface area contributed by atoms with E-state index in [2.05, 4.69) is 32.9 Å². The van der Waals surface area contributed by atoms with Gasteiger partial charge in [-0.3, -0.25) is 4.79 Å². The second-order valence-corrected chi connectivity index (χ2v) is 7.94. The summed E-state index contributed by atoms with van der Waals surface area (Å²) in [5.41, 5.74) is 4.69. The third-order valence-electron chi connectivity index (χ3n) is 5.19. The molecular weight excluding hydrogens is 396 g/mol. The number of nitrogens with zero attached hydrogens (tertiary/aromatic N) is 6. The van der Waals surface area contributed by atoms with Crippen molar-refractivity contribution in [1.82, 2.24) is 24.8 Å². The van der Waals surface area contributed by atoms with E-state index in [0.717, 1.165) is 46.3 Å². The lowest BCUT2D eigenvalue weighted by molar-refractivity contribution is -0.127. The maximum absolute atomic E-state index is 12.6. The van der Waals surface area contributed by atoms with Gasteiger partial charge in [-0.2, -0.15) is 5.10 Å². The molecule has 7 nitrogen and oxygen atoms in total. The molecule has 0 N–H and O–H groups in total. The van der Waals surface area contributed by atoms with Gasteiger partial charge in [0.25, 0.3) is 5.91 Å². The van der Waals surface area contributed by atoms with Gasteiger partial charge in [0.2, 0.25) is 5.16 Å². The van der Waals surface area contributed by atoms with Crippen LogP contribution in [0.4, 0.5) is 0 Å². The molecule has 30 heavy (non-hydrogen) atoms. The summed E-state index contributed by atoms with van der Waals surface area (Å²) in [6, 6.07) is 18.1. The van der Waals surface area contributed by atoms with E-state index in [4.69, 9.17) is 4.98 Å². The van der Waals surface area contributed by atoms with Crippen LogP contribution in [-0.2, 0) is 11.3 Å². The highest BCUT2D eigenvalue weighted by atomic mass is 32.2. The lowest BCUT2D eigenvalue weighted by Gasteiger charge is -2.10. The van der Waals surface area contributed by atoms with Crippen LogP contribution in [0.25, 0.3) is 22.1 Å². The Kier molecular flexibility index (Phi) is 4.92. The number of thioether (sulfide) groups is 1. The van der Waals surface area contributed by atoms with E-state index >= 15 is 0 Å². The SMILES string of the molecule is CCn1c2ccccc2c2nnc(SCC(=O)N3CCC(c4ccccc4)=N3)nc21. The number of rotatable bonds is 5. The molecule has 0 bridgehead atoms. The predicted molar refractivity (Wildman–Crippen MR) is 119 cm³/mol. The lowest BCUT2D eigenvalue weighted by Crippen LogP contribution is -2.25. The average Bonchev–Trinajstić information content (AvgIpc) is 3.41. The van der Waals surface area contributed by atoms with Crippen LogP contribution in [0, 0.1) is 0 Å². The van der Waals surface area contributed by atoms with Crippen LogP contribution in [0.3, 0.4) is 0 Å². The quantitative estimate of drug-likeness (QED) is 0.464. The molecule has 0 spiro atoms. The minimum atomic E-state index is -0.0503. The highest BCUT2D eigenvalue weighted by Gasteiger charge is 2.22. The number of hydrazone groups is 1. The van der Waals surface area contributed by atoms with Gasteiger partial charge >= 0.3 is 0 Å². The zero-order valence-corrected chi connectivity index (χ0v) is 17.3. The molecule has 3 heterocycles. The first-order valence-electron chi connectivity index (χ1n) is 9.92. The molecule has 2 aromatic carbocycles. The smallest absolute Gasteiger partial charge is 0.253 e. The summed E-state index contributed by atoms with van der Waals surface area (Å²) in [5, 5.41) is 16.2. The van der Waals surface area contributed by atoms with Crippen LogP contribution in [-0.4, -0.2) is 48.7 Å². The van der Waals surface area contributed by atoms with E-state index in [0.29, 0.717) is 11.7 Å². The number of carbonyl (C=O) groups is 1. The molecule has 0 unspecified atom stereocenters. The van der Waals surface area contributed by atoms with Gasteiger partial charge in [-0.25, -0.2) is 9.99 Å². The van der Waals surface area contributed by atoms with Crippen LogP contribution < -0.4 is 0 Å². The van der Waals surface area contributed by atoms with Crippen molar-refractivity contribution in [3.05, 3.63) is 60.2 Å². The van der Waals surface area contributed by atoms with Crippen molar-refractivity contribution < 1.29 is 4.79 Å². The minimum Gasteiger partial charge on any atom is -0.324 e. The van der Waals surface area contributed by atoms with Crippen LogP contribution in [0.2, 0.25) is 0 Å². The van der Waals surface area contributed by atoms with Crippen molar-refractivity contribution >= 4 is 45.4 Å².